The maximum Gasteiger partial charge on any atom is 0.123 e. The molecule has 1 fully saturated rings. The van der Waals surface area contributed by atoms with Crippen molar-refractivity contribution in [2.24, 2.45) is 5.73 Å². The molecule has 0 spiro atoms. The average Bonchev–Trinajstić information content (AvgIpc) is 3.48. The zero-order valence-electron chi connectivity index (χ0n) is 20.3. The van der Waals surface area contributed by atoms with Gasteiger partial charge in [0.25, 0.3) is 0 Å². The monoisotopic (exact) mass is 470 g/mol. The van der Waals surface area contributed by atoms with Crippen LogP contribution in [0, 0.1) is 6.92 Å². The third-order valence-corrected chi connectivity index (χ3v) is 8.17. The molecule has 1 aliphatic rings. The van der Waals surface area contributed by atoms with E-state index < -0.39 is 0 Å². The number of methoxy groups -OCH3 is 1. The summed E-state index contributed by atoms with van der Waals surface area (Å²) in [5.74, 6) is 1.01. The van der Waals surface area contributed by atoms with E-state index in [0.717, 1.165) is 25.1 Å². The maximum absolute atomic E-state index is 5.84. The molecule has 4 aromatic rings. The van der Waals surface area contributed by atoms with E-state index in [1.165, 1.54) is 74.3 Å². The molecule has 1 aliphatic heterocycles. The van der Waals surface area contributed by atoms with Crippen molar-refractivity contribution in [3.63, 3.8) is 0 Å². The van der Waals surface area contributed by atoms with Crippen molar-refractivity contribution in [3.8, 4) is 16.2 Å². The molecule has 2 N–H and O–H groups in total. The van der Waals surface area contributed by atoms with Gasteiger partial charge in [-0.3, -0.25) is 4.90 Å². The van der Waals surface area contributed by atoms with Crippen LogP contribution in [-0.2, 0) is 19.4 Å². The molecule has 0 radical (unpaired) electrons. The SMILES string of the molecule is COc1cc(Cc2c(-c3ccc(CCN)cc3)sc3cc(C)ccc23)ccc1CN1CCCC1. The number of likely N-dealkylation sites (tertiary alicyclic amines) is 1. The summed E-state index contributed by atoms with van der Waals surface area (Å²) in [4.78, 5) is 3.89. The van der Waals surface area contributed by atoms with Crippen LogP contribution in [0.1, 0.15) is 40.7 Å². The van der Waals surface area contributed by atoms with Gasteiger partial charge in [-0.2, -0.15) is 0 Å². The normalized spacial score (nSPS) is 14.2. The second-order valence-corrected chi connectivity index (χ2v) is 10.5. The Morgan fingerprint density at radius 1 is 0.941 bits per heavy atom. The predicted molar refractivity (Wildman–Crippen MR) is 145 cm³/mol. The van der Waals surface area contributed by atoms with Crippen molar-refractivity contribution in [3.05, 3.63) is 88.5 Å². The van der Waals surface area contributed by atoms with Crippen LogP contribution in [-0.4, -0.2) is 31.6 Å². The van der Waals surface area contributed by atoms with Gasteiger partial charge < -0.3 is 10.5 Å². The Kier molecular flexibility index (Phi) is 7.00. The van der Waals surface area contributed by atoms with Crippen LogP contribution in [0.3, 0.4) is 0 Å². The van der Waals surface area contributed by atoms with Crippen molar-refractivity contribution in [1.29, 1.82) is 0 Å². The minimum absolute atomic E-state index is 0.683. The van der Waals surface area contributed by atoms with Crippen LogP contribution < -0.4 is 10.5 Å². The molecular weight excluding hydrogens is 436 g/mol. The standard InChI is InChI=1S/C30H34N2OS/c1-21-5-12-26-27(30(34-29(26)17-21)24-9-6-22(7-10-24)13-14-31)18-23-8-11-25(28(19-23)33-2)20-32-15-3-4-16-32/h5-12,17,19H,3-4,13-16,18,20,31H2,1-2H3. The third kappa shape index (κ3) is 4.90. The van der Waals surface area contributed by atoms with E-state index in [1.54, 1.807) is 7.11 Å². The van der Waals surface area contributed by atoms with Crippen molar-refractivity contribution in [1.82, 2.24) is 4.90 Å². The molecule has 1 saturated heterocycles. The first-order valence-corrected chi connectivity index (χ1v) is 13.2. The fourth-order valence-corrected chi connectivity index (χ4v) is 6.40. The highest BCUT2D eigenvalue weighted by Crippen LogP contribution is 2.41. The molecule has 4 heteroatoms. The molecule has 34 heavy (non-hydrogen) atoms. The van der Waals surface area contributed by atoms with Gasteiger partial charge in [0.1, 0.15) is 5.75 Å². The first kappa shape index (κ1) is 23.1. The van der Waals surface area contributed by atoms with E-state index in [-0.39, 0.29) is 0 Å². The summed E-state index contributed by atoms with van der Waals surface area (Å²) in [6.45, 7) is 6.22. The van der Waals surface area contributed by atoms with Gasteiger partial charge in [0.05, 0.1) is 7.11 Å². The first-order valence-electron chi connectivity index (χ1n) is 12.3. The van der Waals surface area contributed by atoms with E-state index in [2.05, 4.69) is 72.5 Å². The van der Waals surface area contributed by atoms with Gasteiger partial charge >= 0.3 is 0 Å². The summed E-state index contributed by atoms with van der Waals surface area (Å²) >= 11 is 1.90. The van der Waals surface area contributed by atoms with Gasteiger partial charge in [0, 0.05) is 21.7 Å². The predicted octanol–water partition coefficient (Wildman–Crippen LogP) is 6.57. The van der Waals surface area contributed by atoms with E-state index in [0.29, 0.717) is 6.54 Å². The number of hydrogen-bond donors (Lipinski definition) is 1. The Morgan fingerprint density at radius 2 is 1.71 bits per heavy atom. The summed E-state index contributed by atoms with van der Waals surface area (Å²) in [5, 5.41) is 1.36. The van der Waals surface area contributed by atoms with Crippen LogP contribution in [0.4, 0.5) is 0 Å². The summed E-state index contributed by atoms with van der Waals surface area (Å²) in [7, 11) is 1.80. The highest BCUT2D eigenvalue weighted by Gasteiger charge is 2.17. The summed E-state index contributed by atoms with van der Waals surface area (Å²) in [6.07, 6.45) is 4.42. The van der Waals surface area contributed by atoms with Gasteiger partial charge in [-0.05, 0) is 97.6 Å². The number of fused-ring (bicyclic) bond motifs is 1. The Morgan fingerprint density at radius 3 is 2.44 bits per heavy atom. The fourth-order valence-electron chi connectivity index (χ4n) is 5.07. The van der Waals surface area contributed by atoms with Crippen molar-refractivity contribution >= 4 is 21.4 Å². The molecule has 3 nitrogen and oxygen atoms in total. The number of hydrogen-bond acceptors (Lipinski definition) is 4. The number of rotatable bonds is 8. The molecule has 0 atom stereocenters. The second-order valence-electron chi connectivity index (χ2n) is 9.45. The molecule has 1 aromatic heterocycles. The lowest BCUT2D eigenvalue weighted by Crippen LogP contribution is -2.18. The van der Waals surface area contributed by atoms with Crippen LogP contribution in [0.15, 0.2) is 60.7 Å². The Hall–Kier alpha value is -2.66. The zero-order valence-corrected chi connectivity index (χ0v) is 21.1. The Bertz CT molecular complexity index is 1270. The number of thiophene rings is 1. The number of nitrogens with zero attached hydrogens (tertiary/aromatic N) is 1. The quantitative estimate of drug-likeness (QED) is 0.316. The first-order chi connectivity index (χ1) is 16.6. The van der Waals surface area contributed by atoms with Gasteiger partial charge in [0.15, 0.2) is 0 Å². The minimum atomic E-state index is 0.683. The zero-order chi connectivity index (χ0) is 23.5. The number of ether oxygens (including phenoxy) is 1. The number of nitrogens with two attached hydrogens (primary N) is 1. The highest BCUT2D eigenvalue weighted by molar-refractivity contribution is 7.22. The third-order valence-electron chi connectivity index (χ3n) is 6.92. The summed E-state index contributed by atoms with van der Waals surface area (Å²) < 4.78 is 7.19. The molecule has 0 amide bonds. The molecule has 5 rings (SSSR count). The lowest BCUT2D eigenvalue weighted by Gasteiger charge is -2.18. The van der Waals surface area contributed by atoms with Crippen molar-refractivity contribution in [2.75, 3.05) is 26.7 Å². The lowest BCUT2D eigenvalue weighted by molar-refractivity contribution is 0.321. The van der Waals surface area contributed by atoms with E-state index >= 15 is 0 Å². The molecule has 0 bridgehead atoms. The van der Waals surface area contributed by atoms with Crippen LogP contribution in [0.5, 0.6) is 5.75 Å². The smallest absolute Gasteiger partial charge is 0.123 e. The van der Waals surface area contributed by atoms with Gasteiger partial charge in [-0.15, -0.1) is 11.3 Å². The largest absolute Gasteiger partial charge is 0.496 e. The average molecular weight is 471 g/mol. The van der Waals surface area contributed by atoms with Crippen LogP contribution >= 0.6 is 11.3 Å². The van der Waals surface area contributed by atoms with Gasteiger partial charge in [-0.1, -0.05) is 48.5 Å². The minimum Gasteiger partial charge on any atom is -0.496 e. The van der Waals surface area contributed by atoms with Crippen LogP contribution in [0.2, 0.25) is 0 Å². The van der Waals surface area contributed by atoms with Crippen LogP contribution in [0.25, 0.3) is 20.5 Å². The number of benzene rings is 3. The molecule has 176 valence electrons. The molecule has 0 saturated carbocycles. The van der Waals surface area contributed by atoms with Gasteiger partial charge in [-0.25, -0.2) is 0 Å². The fraction of sp³-hybridized carbons (Fsp3) is 0.333. The second kappa shape index (κ2) is 10.3. The molecule has 2 heterocycles. The van der Waals surface area contributed by atoms with Crippen molar-refractivity contribution in [2.45, 2.75) is 39.2 Å². The van der Waals surface area contributed by atoms with E-state index in [4.69, 9.17) is 10.5 Å². The summed E-state index contributed by atoms with van der Waals surface area (Å²) in [5.41, 5.74) is 13.6. The summed E-state index contributed by atoms with van der Waals surface area (Å²) in [6, 6.07) is 22.6. The van der Waals surface area contributed by atoms with E-state index in [9.17, 15) is 0 Å². The maximum atomic E-state index is 5.84. The molecule has 3 aromatic carbocycles. The molecule has 0 unspecified atom stereocenters. The Labute approximate surface area is 207 Å². The molecular formula is C30H34N2OS. The Balaban J connectivity index is 1.50. The topological polar surface area (TPSA) is 38.5 Å². The van der Waals surface area contributed by atoms with Crippen molar-refractivity contribution < 1.29 is 4.74 Å². The van der Waals surface area contributed by atoms with Gasteiger partial charge in [0.2, 0.25) is 0 Å². The van der Waals surface area contributed by atoms with E-state index in [1.807, 2.05) is 11.3 Å². The lowest BCUT2D eigenvalue weighted by atomic mass is 9.97. The highest BCUT2D eigenvalue weighted by atomic mass is 32.1. The number of aryl methyl sites for hydroxylation is 1. The molecule has 0 aliphatic carbocycles.